The van der Waals surface area contributed by atoms with Gasteiger partial charge in [-0.05, 0) is 12.1 Å². The predicted octanol–water partition coefficient (Wildman–Crippen LogP) is -1.18. The standard InChI is InChI=1S/C6H3ClN2O2/c7-9-6-4(11)2-1-3(10)5(6)8/h1-2,8H. The van der Waals surface area contributed by atoms with Gasteiger partial charge in [-0.1, -0.05) is 0 Å². The maximum Gasteiger partial charge on any atom is 0.207 e. The van der Waals surface area contributed by atoms with Crippen molar-refractivity contribution in [1.82, 2.24) is 0 Å². The molecule has 0 saturated carbocycles. The summed E-state index contributed by atoms with van der Waals surface area (Å²) >= 11 is 4.98. The molecule has 5 heteroatoms. The van der Waals surface area contributed by atoms with Gasteiger partial charge in [0.2, 0.25) is 10.9 Å². The minimum Gasteiger partial charge on any atom is -0.295 e. The lowest BCUT2D eigenvalue weighted by molar-refractivity contribution is 1.14. The predicted molar refractivity (Wildman–Crippen MR) is 38.6 cm³/mol. The minimum atomic E-state index is -0.552. The van der Waals surface area contributed by atoms with Crippen molar-refractivity contribution < 1.29 is 0 Å². The average Bonchev–Trinajstić information content (AvgIpc) is 1.99. The van der Waals surface area contributed by atoms with Crippen LogP contribution in [0, 0.1) is 5.41 Å². The lowest BCUT2D eigenvalue weighted by atomic mass is 10.3. The number of rotatable bonds is 0. The Morgan fingerprint density at radius 2 is 1.82 bits per heavy atom. The highest BCUT2D eigenvalue weighted by atomic mass is 35.5. The third-order valence-electron chi connectivity index (χ3n) is 1.19. The van der Waals surface area contributed by atoms with Gasteiger partial charge in [0.05, 0.1) is 0 Å². The van der Waals surface area contributed by atoms with Crippen molar-refractivity contribution in [2.45, 2.75) is 0 Å². The molecule has 0 saturated heterocycles. The first-order chi connectivity index (χ1) is 5.16. The quantitative estimate of drug-likeness (QED) is 0.532. The fourth-order valence-electron chi connectivity index (χ4n) is 0.637. The van der Waals surface area contributed by atoms with E-state index in [2.05, 4.69) is 4.51 Å². The van der Waals surface area contributed by atoms with E-state index < -0.39 is 16.2 Å². The molecule has 0 aliphatic rings. The summed E-state index contributed by atoms with van der Waals surface area (Å²) in [5.41, 5.74) is -1.06. The van der Waals surface area contributed by atoms with Crippen molar-refractivity contribution in [3.8, 4) is 0 Å². The van der Waals surface area contributed by atoms with Gasteiger partial charge in [0.1, 0.15) is 5.36 Å². The molecule has 0 aromatic heterocycles. The Bertz CT molecular complexity index is 471. The summed E-state index contributed by atoms with van der Waals surface area (Å²) in [4.78, 5) is 21.5. The first-order valence-electron chi connectivity index (χ1n) is 2.71. The summed E-state index contributed by atoms with van der Waals surface area (Å²) in [5, 5.41) is 6.30. The van der Waals surface area contributed by atoms with Gasteiger partial charge < -0.3 is 0 Å². The number of nitrogens with zero attached hydrogens (tertiary/aromatic N) is 1. The van der Waals surface area contributed by atoms with Gasteiger partial charge >= 0.3 is 0 Å². The Kier molecular flexibility index (Phi) is 1.96. The Morgan fingerprint density at radius 1 is 1.27 bits per heavy atom. The number of hydrogen-bond donors (Lipinski definition) is 1. The van der Waals surface area contributed by atoms with Crippen molar-refractivity contribution in [2.75, 3.05) is 0 Å². The van der Waals surface area contributed by atoms with Crippen molar-refractivity contribution >= 4 is 11.8 Å². The first-order valence-corrected chi connectivity index (χ1v) is 3.05. The molecule has 56 valence electrons. The molecule has 0 spiro atoms. The molecule has 0 aliphatic heterocycles. The second-order valence-corrected chi connectivity index (χ2v) is 2.04. The molecule has 0 aliphatic carbocycles. The molecule has 4 nitrogen and oxygen atoms in total. The van der Waals surface area contributed by atoms with Crippen molar-refractivity contribution in [3.05, 3.63) is 43.3 Å². The van der Waals surface area contributed by atoms with E-state index >= 15 is 0 Å². The van der Waals surface area contributed by atoms with E-state index in [1.165, 1.54) is 0 Å². The second kappa shape index (κ2) is 2.75. The van der Waals surface area contributed by atoms with Crippen LogP contribution in [0.15, 0.2) is 26.2 Å². The number of halogens is 1. The molecule has 0 bridgehead atoms. The smallest absolute Gasteiger partial charge is 0.207 e. The highest BCUT2D eigenvalue weighted by Crippen LogP contribution is 1.62. The average molecular weight is 171 g/mol. The molecule has 1 aromatic carbocycles. The molecule has 1 rings (SSSR count). The van der Waals surface area contributed by atoms with E-state index in [9.17, 15) is 9.59 Å². The topological polar surface area (TPSA) is 70.3 Å². The van der Waals surface area contributed by atoms with Crippen LogP contribution in [-0.4, -0.2) is 0 Å². The van der Waals surface area contributed by atoms with Crippen LogP contribution in [-0.2, 0) is 0 Å². The van der Waals surface area contributed by atoms with E-state index in [4.69, 9.17) is 17.2 Å². The van der Waals surface area contributed by atoms with E-state index in [1.807, 2.05) is 0 Å². The van der Waals surface area contributed by atoms with Crippen molar-refractivity contribution in [1.29, 1.82) is 5.41 Å². The largest absolute Gasteiger partial charge is 0.295 e. The molecule has 0 fully saturated rings. The van der Waals surface area contributed by atoms with Gasteiger partial charge in [0.15, 0.2) is 5.36 Å². The molecule has 0 unspecified atom stereocenters. The number of hydrogen-bond acceptors (Lipinski definition) is 4. The second-order valence-electron chi connectivity index (χ2n) is 1.87. The van der Waals surface area contributed by atoms with Crippen LogP contribution in [0.1, 0.15) is 0 Å². The molecule has 0 atom stereocenters. The first kappa shape index (κ1) is 7.81. The van der Waals surface area contributed by atoms with E-state index in [0.717, 1.165) is 12.1 Å². The number of benzene rings is 1. The zero-order chi connectivity index (χ0) is 8.43. The lowest BCUT2D eigenvalue weighted by Gasteiger charge is -1.78. The summed E-state index contributed by atoms with van der Waals surface area (Å²) in [7, 11) is 0. The van der Waals surface area contributed by atoms with Crippen LogP contribution < -0.4 is 21.6 Å². The van der Waals surface area contributed by atoms with Crippen LogP contribution in [0.25, 0.3) is 0 Å². The van der Waals surface area contributed by atoms with E-state index in [0.29, 0.717) is 0 Å². The maximum atomic E-state index is 10.8. The Balaban J connectivity index is 4.01. The van der Waals surface area contributed by atoms with Crippen LogP contribution in [0.2, 0.25) is 0 Å². The normalized spacial score (nSPS) is 11.9. The molecule has 0 radical (unpaired) electrons. The molecule has 0 heterocycles. The molecule has 1 N–H and O–H groups in total. The molecule has 0 amide bonds. The van der Waals surface area contributed by atoms with Gasteiger partial charge in [-0.3, -0.25) is 15.0 Å². The zero-order valence-corrected chi connectivity index (χ0v) is 6.05. The van der Waals surface area contributed by atoms with E-state index in [1.54, 1.807) is 0 Å². The van der Waals surface area contributed by atoms with Crippen molar-refractivity contribution in [2.24, 2.45) is 4.51 Å². The van der Waals surface area contributed by atoms with Crippen LogP contribution in [0.3, 0.4) is 0 Å². The fourth-order valence-corrected chi connectivity index (χ4v) is 0.805. The highest BCUT2D eigenvalue weighted by Gasteiger charge is 1.95. The van der Waals surface area contributed by atoms with Crippen LogP contribution >= 0.6 is 11.8 Å². The summed E-state index contributed by atoms with van der Waals surface area (Å²) < 4.78 is 3.00. The Hall–Kier alpha value is -1.29. The Labute approximate surface area is 65.8 Å². The Morgan fingerprint density at radius 3 is 2.27 bits per heavy atom. The summed E-state index contributed by atoms with van der Waals surface area (Å²) in [6.07, 6.45) is 0. The third kappa shape index (κ3) is 1.25. The number of nitrogens with one attached hydrogen (secondary N) is 1. The van der Waals surface area contributed by atoms with Crippen LogP contribution in [0.4, 0.5) is 0 Å². The van der Waals surface area contributed by atoms with E-state index in [-0.39, 0.29) is 5.36 Å². The van der Waals surface area contributed by atoms with Gasteiger partial charge in [-0.15, -0.1) is 0 Å². The van der Waals surface area contributed by atoms with Gasteiger partial charge in [-0.2, -0.15) is 4.51 Å². The molecular formula is C6H3ClN2O2. The van der Waals surface area contributed by atoms with Gasteiger partial charge in [0.25, 0.3) is 0 Å². The molecule has 1 aromatic rings. The minimum absolute atomic E-state index is 0.292. The summed E-state index contributed by atoms with van der Waals surface area (Å²) in [5.74, 6) is 0. The highest BCUT2D eigenvalue weighted by molar-refractivity contribution is 6.14. The third-order valence-corrected chi connectivity index (χ3v) is 1.36. The summed E-state index contributed by atoms with van der Waals surface area (Å²) in [6.45, 7) is 0. The maximum absolute atomic E-state index is 10.8. The van der Waals surface area contributed by atoms with Gasteiger partial charge in [0, 0.05) is 11.8 Å². The zero-order valence-electron chi connectivity index (χ0n) is 5.30. The monoisotopic (exact) mass is 170 g/mol. The molecule has 11 heavy (non-hydrogen) atoms. The van der Waals surface area contributed by atoms with Crippen molar-refractivity contribution in [3.63, 3.8) is 0 Å². The fraction of sp³-hybridized carbons (Fsp3) is 0. The van der Waals surface area contributed by atoms with Crippen LogP contribution in [0.5, 0.6) is 0 Å². The lowest BCUT2D eigenvalue weighted by Crippen LogP contribution is -2.46. The van der Waals surface area contributed by atoms with Gasteiger partial charge in [-0.25, -0.2) is 0 Å². The molecular weight excluding hydrogens is 168 g/mol. The summed E-state index contributed by atoms with van der Waals surface area (Å²) in [6, 6.07) is 2.07. The SMILES string of the molecule is N=c1c(=O)ccc(=O)c1=NCl.